The predicted octanol–water partition coefficient (Wildman–Crippen LogP) is 2.47. The molecule has 0 radical (unpaired) electrons. The van der Waals surface area contributed by atoms with E-state index in [1.165, 1.54) is 13.0 Å². The molecule has 1 aromatic carbocycles. The number of anilines is 1. The Morgan fingerprint density at radius 1 is 1.52 bits per heavy atom. The van der Waals surface area contributed by atoms with Crippen LogP contribution in [0.25, 0.3) is 0 Å². The highest BCUT2D eigenvalue weighted by Crippen LogP contribution is 2.24. The number of nitrogens with two attached hydrogens (primary N) is 1. The molecule has 0 aliphatic carbocycles. The van der Waals surface area contributed by atoms with Crippen LogP contribution >= 0.6 is 12.2 Å². The van der Waals surface area contributed by atoms with Gasteiger partial charge in [0.05, 0.1) is 7.11 Å². The molecule has 116 valence electrons. The van der Waals surface area contributed by atoms with Crippen LogP contribution in [0.3, 0.4) is 0 Å². The van der Waals surface area contributed by atoms with Crippen molar-refractivity contribution in [3.63, 3.8) is 0 Å². The zero-order chi connectivity index (χ0) is 15.4. The first-order valence-corrected chi connectivity index (χ1v) is 7.88. The second kappa shape index (κ2) is 7.09. The third-order valence-corrected chi connectivity index (χ3v) is 4.34. The molecule has 0 aromatic heterocycles. The van der Waals surface area contributed by atoms with E-state index >= 15 is 0 Å². The van der Waals surface area contributed by atoms with Crippen molar-refractivity contribution in [2.24, 2.45) is 11.7 Å². The molecule has 4 nitrogen and oxygen atoms in total. The first kappa shape index (κ1) is 16.0. The molecule has 5 heteroatoms. The lowest BCUT2D eigenvalue weighted by Crippen LogP contribution is -2.29. The highest BCUT2D eigenvalue weighted by molar-refractivity contribution is 7.80. The van der Waals surface area contributed by atoms with Crippen LogP contribution in [-0.2, 0) is 0 Å². The normalized spacial score (nSPS) is 19.0. The zero-order valence-electron chi connectivity index (χ0n) is 13.1. The number of benzene rings is 1. The van der Waals surface area contributed by atoms with Gasteiger partial charge in [-0.25, -0.2) is 0 Å². The predicted molar refractivity (Wildman–Crippen MR) is 92.2 cm³/mol. The number of hydrogen-bond donors (Lipinski definition) is 2. The molecule has 2 rings (SSSR count). The van der Waals surface area contributed by atoms with Gasteiger partial charge >= 0.3 is 0 Å². The van der Waals surface area contributed by atoms with E-state index in [9.17, 15) is 0 Å². The minimum atomic E-state index is 0.412. The van der Waals surface area contributed by atoms with Crippen molar-refractivity contribution in [2.75, 3.05) is 32.1 Å². The molecule has 3 N–H and O–H groups in total. The Balaban J connectivity index is 2.01. The monoisotopic (exact) mass is 307 g/mol. The molecule has 1 aliphatic rings. The van der Waals surface area contributed by atoms with Gasteiger partial charge in [-0.05, 0) is 44.9 Å². The van der Waals surface area contributed by atoms with Crippen LogP contribution in [-0.4, -0.2) is 42.7 Å². The summed E-state index contributed by atoms with van der Waals surface area (Å²) in [5.41, 5.74) is 7.64. The van der Waals surface area contributed by atoms with E-state index in [1.807, 2.05) is 18.2 Å². The lowest BCUT2D eigenvalue weighted by molar-refractivity contribution is 0.266. The van der Waals surface area contributed by atoms with E-state index < -0.39 is 0 Å². The quantitative estimate of drug-likeness (QED) is 0.791. The number of thiocarbonyl (C=S) groups is 1. The van der Waals surface area contributed by atoms with Gasteiger partial charge in [0.1, 0.15) is 10.7 Å². The number of nitrogens with one attached hydrogen (secondary N) is 1. The van der Waals surface area contributed by atoms with E-state index in [0.29, 0.717) is 16.9 Å². The Bertz CT molecular complexity index is 504. The van der Waals surface area contributed by atoms with E-state index in [-0.39, 0.29) is 0 Å². The van der Waals surface area contributed by atoms with Crippen molar-refractivity contribution < 1.29 is 4.74 Å². The van der Waals surface area contributed by atoms with Crippen LogP contribution in [0.5, 0.6) is 5.75 Å². The maximum absolute atomic E-state index is 5.79. The van der Waals surface area contributed by atoms with Crippen LogP contribution in [0.4, 0.5) is 5.69 Å². The molecule has 1 aromatic rings. The van der Waals surface area contributed by atoms with Crippen molar-refractivity contribution in [3.05, 3.63) is 23.8 Å². The number of ether oxygens (including phenoxy) is 1. The van der Waals surface area contributed by atoms with E-state index in [4.69, 9.17) is 22.7 Å². The number of likely N-dealkylation sites (tertiary alicyclic amines) is 1. The first-order chi connectivity index (χ1) is 10.0. The molecular formula is C16H25N3OS. The molecule has 0 amide bonds. The van der Waals surface area contributed by atoms with Gasteiger partial charge in [0.15, 0.2) is 0 Å². The molecule has 1 fully saturated rings. The highest BCUT2D eigenvalue weighted by atomic mass is 32.1. The number of nitrogens with zero attached hydrogens (tertiary/aromatic N) is 1. The number of methoxy groups -OCH3 is 1. The van der Waals surface area contributed by atoms with Crippen LogP contribution in [0, 0.1) is 5.92 Å². The standard InChI is InChI=1S/C16H25N3OS/c1-11(2)19-7-6-12(10-19)9-18-15-8-13(20-3)4-5-14(15)16(17)21/h4-5,8,11-12,18H,6-7,9-10H2,1-3H3,(H2,17,21). The molecule has 1 saturated heterocycles. The van der Waals surface area contributed by atoms with Gasteiger partial charge in [0.2, 0.25) is 0 Å². The summed E-state index contributed by atoms with van der Waals surface area (Å²) >= 11 is 5.12. The molecule has 1 unspecified atom stereocenters. The molecular weight excluding hydrogens is 282 g/mol. The summed E-state index contributed by atoms with van der Waals surface area (Å²) in [4.78, 5) is 2.93. The summed E-state index contributed by atoms with van der Waals surface area (Å²) in [7, 11) is 1.66. The maximum Gasteiger partial charge on any atom is 0.120 e. The number of hydrogen-bond acceptors (Lipinski definition) is 4. The average molecular weight is 307 g/mol. The SMILES string of the molecule is COc1ccc(C(N)=S)c(NCC2CCN(C(C)C)C2)c1. The topological polar surface area (TPSA) is 50.5 Å². The van der Waals surface area contributed by atoms with Gasteiger partial charge in [-0.15, -0.1) is 0 Å². The third kappa shape index (κ3) is 4.08. The Hall–Kier alpha value is -1.33. The fourth-order valence-corrected chi connectivity index (χ4v) is 2.94. The van der Waals surface area contributed by atoms with Crippen molar-refractivity contribution in [1.82, 2.24) is 4.90 Å². The zero-order valence-corrected chi connectivity index (χ0v) is 13.9. The van der Waals surface area contributed by atoms with Crippen LogP contribution in [0.1, 0.15) is 25.8 Å². The van der Waals surface area contributed by atoms with Gasteiger partial charge in [-0.2, -0.15) is 0 Å². The molecule has 1 atom stereocenters. The van der Waals surface area contributed by atoms with E-state index in [2.05, 4.69) is 24.1 Å². The second-order valence-corrected chi connectivity index (χ2v) is 6.34. The summed E-state index contributed by atoms with van der Waals surface area (Å²) in [5.74, 6) is 1.48. The molecule has 0 spiro atoms. The third-order valence-electron chi connectivity index (χ3n) is 4.12. The smallest absolute Gasteiger partial charge is 0.120 e. The molecule has 1 aliphatic heterocycles. The van der Waals surface area contributed by atoms with Crippen molar-refractivity contribution in [2.45, 2.75) is 26.3 Å². The van der Waals surface area contributed by atoms with Gasteiger partial charge < -0.3 is 20.7 Å². The summed E-state index contributed by atoms with van der Waals surface area (Å²) in [6.07, 6.45) is 1.23. The van der Waals surface area contributed by atoms with Crippen LogP contribution < -0.4 is 15.8 Å². The summed E-state index contributed by atoms with van der Waals surface area (Å²) in [6.45, 7) is 7.78. The van der Waals surface area contributed by atoms with Crippen molar-refractivity contribution in [3.8, 4) is 5.75 Å². The Morgan fingerprint density at radius 2 is 2.29 bits per heavy atom. The Morgan fingerprint density at radius 3 is 2.86 bits per heavy atom. The summed E-state index contributed by atoms with van der Waals surface area (Å²) in [6, 6.07) is 6.39. The maximum atomic E-state index is 5.79. The van der Waals surface area contributed by atoms with E-state index in [0.717, 1.165) is 30.1 Å². The fraction of sp³-hybridized carbons (Fsp3) is 0.562. The molecule has 21 heavy (non-hydrogen) atoms. The first-order valence-electron chi connectivity index (χ1n) is 7.47. The van der Waals surface area contributed by atoms with Crippen molar-refractivity contribution in [1.29, 1.82) is 0 Å². The highest BCUT2D eigenvalue weighted by Gasteiger charge is 2.24. The Labute approximate surface area is 132 Å². The van der Waals surface area contributed by atoms with Gasteiger partial charge in [0, 0.05) is 36.4 Å². The average Bonchev–Trinajstić information content (AvgIpc) is 2.93. The largest absolute Gasteiger partial charge is 0.497 e. The lowest BCUT2D eigenvalue weighted by atomic mass is 10.1. The second-order valence-electron chi connectivity index (χ2n) is 5.90. The molecule has 0 bridgehead atoms. The van der Waals surface area contributed by atoms with Crippen molar-refractivity contribution >= 4 is 22.9 Å². The molecule has 0 saturated carbocycles. The summed E-state index contributed by atoms with van der Waals surface area (Å²) < 4.78 is 5.28. The fourth-order valence-electron chi connectivity index (χ4n) is 2.76. The Kier molecular flexibility index (Phi) is 5.42. The van der Waals surface area contributed by atoms with Gasteiger partial charge in [-0.3, -0.25) is 0 Å². The minimum Gasteiger partial charge on any atom is -0.497 e. The lowest BCUT2D eigenvalue weighted by Gasteiger charge is -2.21. The summed E-state index contributed by atoms with van der Waals surface area (Å²) in [5, 5.41) is 3.50. The molecule has 1 heterocycles. The number of rotatable bonds is 6. The minimum absolute atomic E-state index is 0.412. The van der Waals surface area contributed by atoms with E-state index in [1.54, 1.807) is 7.11 Å². The van der Waals surface area contributed by atoms with Crippen LogP contribution in [0.15, 0.2) is 18.2 Å². The van der Waals surface area contributed by atoms with Gasteiger partial charge in [0.25, 0.3) is 0 Å². The van der Waals surface area contributed by atoms with Gasteiger partial charge in [-0.1, -0.05) is 12.2 Å². The van der Waals surface area contributed by atoms with Crippen LogP contribution in [0.2, 0.25) is 0 Å².